The highest BCUT2D eigenvalue weighted by atomic mass is 127. The Kier molecular flexibility index (Phi) is 7.54. The summed E-state index contributed by atoms with van der Waals surface area (Å²) in [5.41, 5.74) is 0.508. The number of aliphatic imine (C=N–C) groups is 1. The zero-order valence-corrected chi connectivity index (χ0v) is 15.5. The Morgan fingerprint density at radius 1 is 1.41 bits per heavy atom. The van der Waals surface area contributed by atoms with E-state index in [0.717, 1.165) is 0 Å². The van der Waals surface area contributed by atoms with Crippen molar-refractivity contribution in [2.75, 3.05) is 18.1 Å². The first-order valence-electron chi connectivity index (χ1n) is 6.99. The third-order valence-corrected chi connectivity index (χ3v) is 5.05. The minimum Gasteiger partial charge on any atom is -0.357 e. The predicted molar refractivity (Wildman–Crippen MR) is 96.8 cm³/mol. The van der Waals surface area contributed by atoms with Crippen LogP contribution < -0.4 is 10.6 Å². The lowest BCUT2D eigenvalue weighted by Gasteiger charge is -2.15. The summed E-state index contributed by atoms with van der Waals surface area (Å²) >= 11 is 0. The number of nitrogens with one attached hydrogen (secondary N) is 2. The van der Waals surface area contributed by atoms with Gasteiger partial charge in [-0.15, -0.1) is 24.0 Å². The molecule has 2 rings (SSSR count). The van der Waals surface area contributed by atoms with Crippen LogP contribution in [0.2, 0.25) is 0 Å². The van der Waals surface area contributed by atoms with Crippen LogP contribution in [0.5, 0.6) is 0 Å². The number of halogens is 2. The van der Waals surface area contributed by atoms with E-state index in [9.17, 15) is 12.8 Å². The first-order chi connectivity index (χ1) is 10.00. The minimum absolute atomic E-state index is 0. The van der Waals surface area contributed by atoms with Gasteiger partial charge in [0.1, 0.15) is 5.82 Å². The lowest BCUT2D eigenvalue weighted by Crippen LogP contribution is -2.44. The van der Waals surface area contributed by atoms with Crippen LogP contribution in [0, 0.1) is 5.82 Å². The molecular formula is C14H21FIN3O2S. The van der Waals surface area contributed by atoms with Gasteiger partial charge in [-0.05, 0) is 19.4 Å². The van der Waals surface area contributed by atoms with Gasteiger partial charge in [0, 0.05) is 18.2 Å². The summed E-state index contributed by atoms with van der Waals surface area (Å²) in [7, 11) is -2.94. The van der Waals surface area contributed by atoms with Gasteiger partial charge in [0.25, 0.3) is 0 Å². The first-order valence-corrected chi connectivity index (χ1v) is 8.81. The molecule has 22 heavy (non-hydrogen) atoms. The summed E-state index contributed by atoms with van der Waals surface area (Å²) in [5.74, 6) is 0.553. The normalized spacial score (nSPS) is 20.3. The Bertz CT molecular complexity index is 622. The molecule has 1 aromatic carbocycles. The summed E-state index contributed by atoms with van der Waals surface area (Å²) in [6.45, 7) is 2.79. The second-order valence-electron chi connectivity index (χ2n) is 5.03. The van der Waals surface area contributed by atoms with Gasteiger partial charge in [-0.3, -0.25) is 0 Å². The van der Waals surface area contributed by atoms with Crippen LogP contribution in [0.15, 0.2) is 29.3 Å². The molecule has 1 aliphatic rings. The molecule has 0 radical (unpaired) electrons. The number of rotatable bonds is 4. The largest absolute Gasteiger partial charge is 0.357 e. The molecule has 0 bridgehead atoms. The van der Waals surface area contributed by atoms with Gasteiger partial charge in [0.15, 0.2) is 15.8 Å². The Hall–Kier alpha value is -0.900. The predicted octanol–water partition coefficient (Wildman–Crippen LogP) is 1.69. The molecule has 2 N–H and O–H groups in total. The van der Waals surface area contributed by atoms with Gasteiger partial charge in [-0.2, -0.15) is 0 Å². The SMILES string of the molecule is CCNC(=NCc1ccccc1F)NC1CCS(=O)(=O)C1.I. The number of hydrogen-bond donors (Lipinski definition) is 2. The van der Waals surface area contributed by atoms with Gasteiger partial charge >= 0.3 is 0 Å². The van der Waals surface area contributed by atoms with E-state index >= 15 is 0 Å². The highest BCUT2D eigenvalue weighted by molar-refractivity contribution is 14.0. The molecule has 0 saturated carbocycles. The van der Waals surface area contributed by atoms with Crippen molar-refractivity contribution < 1.29 is 12.8 Å². The van der Waals surface area contributed by atoms with Crippen molar-refractivity contribution in [2.45, 2.75) is 25.9 Å². The summed E-state index contributed by atoms with van der Waals surface area (Å²) in [6, 6.07) is 6.35. The van der Waals surface area contributed by atoms with Crippen LogP contribution >= 0.6 is 24.0 Å². The van der Waals surface area contributed by atoms with Gasteiger partial charge in [0.05, 0.1) is 18.1 Å². The zero-order chi connectivity index (χ0) is 15.3. The van der Waals surface area contributed by atoms with Gasteiger partial charge in [-0.1, -0.05) is 18.2 Å². The van der Waals surface area contributed by atoms with Crippen molar-refractivity contribution in [3.8, 4) is 0 Å². The maximum atomic E-state index is 13.5. The number of nitrogens with zero attached hydrogens (tertiary/aromatic N) is 1. The Morgan fingerprint density at radius 2 is 2.14 bits per heavy atom. The molecule has 5 nitrogen and oxygen atoms in total. The number of benzene rings is 1. The highest BCUT2D eigenvalue weighted by Gasteiger charge is 2.28. The van der Waals surface area contributed by atoms with Crippen LogP contribution in [0.3, 0.4) is 0 Å². The van der Waals surface area contributed by atoms with E-state index in [1.807, 2.05) is 6.92 Å². The van der Waals surface area contributed by atoms with Gasteiger partial charge in [0.2, 0.25) is 0 Å². The Morgan fingerprint density at radius 3 is 2.73 bits per heavy atom. The molecule has 1 saturated heterocycles. The first kappa shape index (κ1) is 19.1. The molecule has 1 atom stereocenters. The molecule has 0 spiro atoms. The fourth-order valence-electron chi connectivity index (χ4n) is 2.21. The van der Waals surface area contributed by atoms with Crippen molar-refractivity contribution in [3.05, 3.63) is 35.6 Å². The van der Waals surface area contributed by atoms with Crippen LogP contribution in [0.1, 0.15) is 18.9 Å². The quantitative estimate of drug-likeness (QED) is 0.424. The van der Waals surface area contributed by atoms with Gasteiger partial charge in [-0.25, -0.2) is 17.8 Å². The topological polar surface area (TPSA) is 70.6 Å². The standard InChI is InChI=1S/C14H20FN3O2S.HI/c1-2-16-14(18-12-7-8-21(19,20)10-12)17-9-11-5-3-4-6-13(11)15;/h3-6,12H,2,7-10H2,1H3,(H2,16,17,18);1H. The van der Waals surface area contributed by atoms with E-state index in [0.29, 0.717) is 24.5 Å². The van der Waals surface area contributed by atoms with Gasteiger partial charge < -0.3 is 10.6 Å². The third-order valence-electron chi connectivity index (χ3n) is 3.28. The summed E-state index contributed by atoms with van der Waals surface area (Å²) in [5, 5.41) is 6.15. The molecule has 124 valence electrons. The van der Waals surface area contributed by atoms with E-state index in [-0.39, 0.29) is 53.9 Å². The summed E-state index contributed by atoms with van der Waals surface area (Å²) in [4.78, 5) is 4.32. The van der Waals surface area contributed by atoms with E-state index in [1.165, 1.54) is 6.07 Å². The van der Waals surface area contributed by atoms with E-state index in [4.69, 9.17) is 0 Å². The maximum absolute atomic E-state index is 13.5. The average Bonchev–Trinajstić information content (AvgIpc) is 2.77. The summed E-state index contributed by atoms with van der Waals surface area (Å²) in [6.07, 6.45) is 0.576. The zero-order valence-electron chi connectivity index (χ0n) is 12.4. The highest BCUT2D eigenvalue weighted by Crippen LogP contribution is 2.11. The Labute approximate surface area is 147 Å². The second kappa shape index (κ2) is 8.66. The molecule has 8 heteroatoms. The molecular weight excluding hydrogens is 420 g/mol. The fourth-order valence-corrected chi connectivity index (χ4v) is 3.89. The van der Waals surface area contributed by atoms with E-state index in [1.54, 1.807) is 18.2 Å². The van der Waals surface area contributed by atoms with E-state index in [2.05, 4.69) is 15.6 Å². The molecule has 1 aliphatic heterocycles. The smallest absolute Gasteiger partial charge is 0.191 e. The number of sulfone groups is 1. The lowest BCUT2D eigenvalue weighted by molar-refractivity contribution is 0.599. The van der Waals surface area contributed by atoms with Crippen molar-refractivity contribution in [3.63, 3.8) is 0 Å². The van der Waals surface area contributed by atoms with Crippen molar-refractivity contribution in [1.29, 1.82) is 0 Å². The molecule has 1 unspecified atom stereocenters. The molecule has 0 aromatic heterocycles. The fraction of sp³-hybridized carbons (Fsp3) is 0.500. The van der Waals surface area contributed by atoms with Crippen LogP contribution in [0.4, 0.5) is 4.39 Å². The monoisotopic (exact) mass is 441 g/mol. The number of hydrogen-bond acceptors (Lipinski definition) is 3. The van der Waals surface area contributed by atoms with Crippen molar-refractivity contribution >= 4 is 39.8 Å². The molecule has 1 aromatic rings. The molecule has 1 fully saturated rings. The van der Waals surface area contributed by atoms with E-state index < -0.39 is 9.84 Å². The average molecular weight is 441 g/mol. The number of guanidine groups is 1. The maximum Gasteiger partial charge on any atom is 0.191 e. The Balaban J connectivity index is 0.00000242. The van der Waals surface area contributed by atoms with Crippen LogP contribution in [-0.4, -0.2) is 38.5 Å². The second-order valence-corrected chi connectivity index (χ2v) is 7.26. The van der Waals surface area contributed by atoms with Crippen LogP contribution in [-0.2, 0) is 16.4 Å². The third kappa shape index (κ3) is 5.71. The molecule has 0 amide bonds. The molecule has 1 heterocycles. The van der Waals surface area contributed by atoms with Crippen molar-refractivity contribution in [2.24, 2.45) is 4.99 Å². The lowest BCUT2D eigenvalue weighted by atomic mass is 10.2. The minimum atomic E-state index is -2.94. The van der Waals surface area contributed by atoms with Crippen LogP contribution in [0.25, 0.3) is 0 Å². The summed E-state index contributed by atoms with van der Waals surface area (Å²) < 4.78 is 36.5. The molecule has 0 aliphatic carbocycles. The van der Waals surface area contributed by atoms with Crippen molar-refractivity contribution in [1.82, 2.24) is 10.6 Å².